The Morgan fingerprint density at radius 2 is 1.26 bits per heavy atom. The van der Waals surface area contributed by atoms with Gasteiger partial charge in [0.25, 0.3) is 0 Å². The maximum absolute atomic E-state index is 13.8. The minimum absolute atomic E-state index is 0.00723. The van der Waals surface area contributed by atoms with Crippen LogP contribution in [0.5, 0.6) is 0 Å². The van der Waals surface area contributed by atoms with E-state index in [1.807, 2.05) is 115 Å². The molecule has 12 nitrogen and oxygen atoms in total. The van der Waals surface area contributed by atoms with Crippen LogP contribution in [0.3, 0.4) is 0 Å². The maximum atomic E-state index is 13.8. The summed E-state index contributed by atoms with van der Waals surface area (Å²) in [6.07, 6.45) is 1.22. The molecule has 61 heavy (non-hydrogen) atoms. The van der Waals surface area contributed by atoms with Crippen molar-refractivity contribution in [3.8, 4) is 22.5 Å². The number of nitrogens with zero attached hydrogens (tertiary/aromatic N) is 6. The van der Waals surface area contributed by atoms with Gasteiger partial charge in [-0.15, -0.1) is 5.10 Å². The molecule has 1 unspecified atom stereocenters. The number of hydrogen-bond acceptors (Lipinski definition) is 9. The number of unbranched alkanes of at least 4 members (excludes halogenated alkanes) is 1. The molecule has 2 amide bonds. The fourth-order valence-corrected chi connectivity index (χ4v) is 8.44. The summed E-state index contributed by atoms with van der Waals surface area (Å²) in [5, 5.41) is 16.5. The largest absolute Gasteiger partial charge is 0.464 e. The van der Waals surface area contributed by atoms with Gasteiger partial charge >= 0.3 is 12.1 Å². The van der Waals surface area contributed by atoms with E-state index in [9.17, 15) is 14.4 Å². The Morgan fingerprint density at radius 1 is 0.738 bits per heavy atom. The number of amides is 2. The van der Waals surface area contributed by atoms with Gasteiger partial charge in [-0.3, -0.25) is 15.0 Å². The summed E-state index contributed by atoms with van der Waals surface area (Å²) in [5.74, 6) is -0.548. The second-order valence-electron chi connectivity index (χ2n) is 16.1. The van der Waals surface area contributed by atoms with E-state index in [1.165, 1.54) is 18.9 Å². The van der Waals surface area contributed by atoms with E-state index in [4.69, 9.17) is 19.8 Å². The molecule has 5 aromatic carbocycles. The first kappa shape index (κ1) is 42.1. The number of nitrogens with one attached hydrogen (secondary N) is 1. The Morgan fingerprint density at radius 3 is 1.75 bits per heavy atom. The summed E-state index contributed by atoms with van der Waals surface area (Å²) < 4.78 is 12.8. The standard InChI is InChI=1S/C49H51N7O5/c1-8-9-33-48(6)54(34(2)57)44(50-46(59)61-47(3,4)5)42(45(58)60-7)55(48)39-31-29-35(30-32-39)40-27-19-20-28-41(40)43-51-52-53-56(43)49(36-21-13-10-14-22-36,37-23-15-11-16-24-37)38-25-17-12-18-26-38/h10-32H,8-9,33H2,1-7H3,(H,50,59). The molecule has 0 fully saturated rings. The number of methoxy groups -OCH3 is 1. The van der Waals surface area contributed by atoms with Crippen molar-refractivity contribution in [2.24, 2.45) is 0 Å². The smallest absolute Gasteiger partial charge is 0.413 e. The van der Waals surface area contributed by atoms with E-state index in [2.05, 4.69) is 53.9 Å². The van der Waals surface area contributed by atoms with Crippen LogP contribution in [-0.4, -0.2) is 61.5 Å². The van der Waals surface area contributed by atoms with Crippen LogP contribution in [0.25, 0.3) is 22.5 Å². The minimum atomic E-state index is -1.10. The van der Waals surface area contributed by atoms with Gasteiger partial charge in [-0.2, -0.15) is 0 Å². The average Bonchev–Trinajstić information content (AvgIpc) is 3.84. The first-order valence-electron chi connectivity index (χ1n) is 20.4. The fraction of sp³-hybridized carbons (Fsp3) is 0.265. The number of carbonyl (C=O) groups is 3. The van der Waals surface area contributed by atoms with Crippen LogP contribution in [0, 0.1) is 0 Å². The Balaban J connectivity index is 1.38. The highest BCUT2D eigenvalue weighted by atomic mass is 16.6. The predicted molar refractivity (Wildman–Crippen MR) is 235 cm³/mol. The highest BCUT2D eigenvalue weighted by molar-refractivity contribution is 5.98. The van der Waals surface area contributed by atoms with Crippen LogP contribution in [0.4, 0.5) is 10.5 Å². The van der Waals surface area contributed by atoms with Gasteiger partial charge in [0.2, 0.25) is 5.91 Å². The lowest BCUT2D eigenvalue weighted by molar-refractivity contribution is -0.136. The Hall–Kier alpha value is -7.08. The van der Waals surface area contributed by atoms with Crippen LogP contribution in [-0.2, 0) is 24.6 Å². The van der Waals surface area contributed by atoms with Crippen molar-refractivity contribution in [2.45, 2.75) is 77.6 Å². The van der Waals surface area contributed by atoms with Crippen LogP contribution in [0.1, 0.15) is 77.5 Å². The van der Waals surface area contributed by atoms with Gasteiger partial charge in [-0.25, -0.2) is 14.3 Å². The number of rotatable bonds is 12. The Bertz CT molecular complexity index is 2440. The van der Waals surface area contributed by atoms with Gasteiger partial charge in [0, 0.05) is 18.2 Å². The van der Waals surface area contributed by atoms with Crippen LogP contribution in [0.2, 0.25) is 0 Å². The molecule has 0 radical (unpaired) electrons. The second-order valence-corrected chi connectivity index (χ2v) is 16.1. The van der Waals surface area contributed by atoms with Crippen LogP contribution in [0.15, 0.2) is 151 Å². The molecule has 0 spiro atoms. The third-order valence-corrected chi connectivity index (χ3v) is 10.9. The van der Waals surface area contributed by atoms with E-state index < -0.39 is 28.9 Å². The molecule has 6 aromatic rings. The van der Waals surface area contributed by atoms with E-state index in [0.29, 0.717) is 17.9 Å². The van der Waals surface area contributed by atoms with Crippen molar-refractivity contribution >= 4 is 23.7 Å². The molecule has 1 aliphatic heterocycles. The van der Waals surface area contributed by atoms with Crippen molar-refractivity contribution in [1.29, 1.82) is 0 Å². The molecule has 312 valence electrons. The second kappa shape index (κ2) is 17.3. The Labute approximate surface area is 356 Å². The van der Waals surface area contributed by atoms with Gasteiger partial charge in [-0.1, -0.05) is 141 Å². The number of esters is 1. The molecule has 7 rings (SSSR count). The molecule has 0 saturated heterocycles. The topological polar surface area (TPSA) is 132 Å². The minimum Gasteiger partial charge on any atom is -0.464 e. The molecule has 0 aliphatic carbocycles. The monoisotopic (exact) mass is 817 g/mol. The number of aromatic nitrogens is 4. The molecule has 0 saturated carbocycles. The van der Waals surface area contributed by atoms with Gasteiger partial charge < -0.3 is 14.4 Å². The summed E-state index contributed by atoms with van der Waals surface area (Å²) in [7, 11) is 1.27. The van der Waals surface area contributed by atoms with Gasteiger partial charge in [0.05, 0.1) is 7.11 Å². The first-order chi connectivity index (χ1) is 29.3. The highest BCUT2D eigenvalue weighted by Crippen LogP contribution is 2.46. The zero-order valence-corrected chi connectivity index (χ0v) is 35.6. The maximum Gasteiger partial charge on any atom is 0.413 e. The summed E-state index contributed by atoms with van der Waals surface area (Å²) in [6, 6.07) is 46.4. The van der Waals surface area contributed by atoms with Crippen molar-refractivity contribution in [3.05, 3.63) is 168 Å². The van der Waals surface area contributed by atoms with E-state index >= 15 is 0 Å². The Kier molecular flexibility index (Phi) is 11.9. The van der Waals surface area contributed by atoms with Gasteiger partial charge in [0.1, 0.15) is 16.8 Å². The lowest BCUT2D eigenvalue weighted by Crippen LogP contribution is -2.56. The quantitative estimate of drug-likeness (QED) is 0.0948. The summed E-state index contributed by atoms with van der Waals surface area (Å²) in [4.78, 5) is 43.9. The lowest BCUT2D eigenvalue weighted by Gasteiger charge is -2.43. The van der Waals surface area contributed by atoms with Crippen molar-refractivity contribution < 1.29 is 23.9 Å². The SMILES string of the molecule is CCCCC1(C)N(C(C)=O)C(NC(=O)OC(C)(C)C)=C(C(=O)OC)N1c1ccc(-c2ccccc2-c2nnnn2C(c2ccccc2)(c2ccccc2)c2ccccc2)cc1. The van der Waals surface area contributed by atoms with E-state index in [0.717, 1.165) is 46.2 Å². The summed E-state index contributed by atoms with van der Waals surface area (Å²) in [6.45, 7) is 10.6. The third kappa shape index (κ3) is 7.88. The normalized spacial score (nSPS) is 15.5. The van der Waals surface area contributed by atoms with E-state index in [-0.39, 0.29) is 17.4 Å². The number of ether oxygens (including phenoxy) is 2. The molecule has 12 heteroatoms. The summed E-state index contributed by atoms with van der Waals surface area (Å²) >= 11 is 0. The van der Waals surface area contributed by atoms with E-state index in [1.54, 1.807) is 25.7 Å². The number of benzene rings is 5. The molecule has 1 aromatic heterocycles. The third-order valence-electron chi connectivity index (χ3n) is 10.9. The lowest BCUT2D eigenvalue weighted by atomic mass is 9.77. The van der Waals surface area contributed by atoms with Gasteiger partial charge in [0.15, 0.2) is 17.3 Å². The summed E-state index contributed by atoms with van der Waals surface area (Å²) in [5.41, 5.74) is 3.18. The zero-order valence-electron chi connectivity index (χ0n) is 35.6. The average molecular weight is 818 g/mol. The zero-order chi connectivity index (χ0) is 43.4. The number of alkyl carbamates (subject to hydrolysis) is 1. The van der Waals surface area contributed by atoms with Crippen molar-refractivity contribution in [2.75, 3.05) is 12.0 Å². The molecule has 1 N–H and O–H groups in total. The molecule has 2 heterocycles. The molecular weight excluding hydrogens is 767 g/mol. The van der Waals surface area contributed by atoms with Gasteiger partial charge in [-0.05, 0) is 90.9 Å². The number of anilines is 1. The highest BCUT2D eigenvalue weighted by Gasteiger charge is 2.53. The predicted octanol–water partition coefficient (Wildman–Crippen LogP) is 9.29. The van der Waals surface area contributed by atoms with Crippen molar-refractivity contribution in [3.63, 3.8) is 0 Å². The first-order valence-corrected chi connectivity index (χ1v) is 20.4. The molecule has 1 atom stereocenters. The number of carbonyl (C=O) groups excluding carboxylic acids is 3. The van der Waals surface area contributed by atoms with Crippen molar-refractivity contribution in [1.82, 2.24) is 30.4 Å². The molecule has 0 bridgehead atoms. The van der Waals surface area contributed by atoms with Crippen LogP contribution >= 0.6 is 0 Å². The van der Waals surface area contributed by atoms with Crippen LogP contribution < -0.4 is 10.2 Å². The fourth-order valence-electron chi connectivity index (χ4n) is 8.44. The number of hydrogen-bond donors (Lipinski definition) is 1. The molecule has 1 aliphatic rings. The molecular formula is C49H51N7O5. The number of tetrazole rings is 1.